The maximum atomic E-state index is 12.5. The van der Waals surface area contributed by atoms with Crippen LogP contribution in [0.15, 0.2) is 30.3 Å². The van der Waals surface area contributed by atoms with E-state index in [9.17, 15) is 4.79 Å². The molecule has 0 saturated carbocycles. The molecule has 1 aliphatic heterocycles. The summed E-state index contributed by atoms with van der Waals surface area (Å²) in [4.78, 5) is 14.3. The topological polar surface area (TPSA) is 76.2 Å². The number of nitrogens with one attached hydrogen (secondary N) is 1. The first-order valence-electron chi connectivity index (χ1n) is 8.13. The first-order chi connectivity index (χ1) is 11.2. The van der Waals surface area contributed by atoms with Crippen LogP contribution in [-0.4, -0.2) is 33.8 Å². The molecule has 0 saturated heterocycles. The van der Waals surface area contributed by atoms with Crippen LogP contribution >= 0.6 is 0 Å². The van der Waals surface area contributed by atoms with E-state index < -0.39 is 0 Å². The maximum Gasteiger partial charge on any atom is 0.317 e. The Bertz CT molecular complexity index is 738. The second kappa shape index (κ2) is 5.61. The standard InChI is InChI=1S/C17H21N5O/c18-16-9-14-11-21(6-3-7-22(14)20-16)17(23)19-10-13-8-12-4-1-2-5-15(12)13/h1-2,4-5,9,13H,3,6-8,10-11H2,(H2,18,20)(H,19,23). The monoisotopic (exact) mass is 311 g/mol. The third kappa shape index (κ3) is 2.65. The van der Waals surface area contributed by atoms with Crippen LogP contribution in [0.1, 0.15) is 29.2 Å². The van der Waals surface area contributed by atoms with E-state index in [1.54, 1.807) is 0 Å². The van der Waals surface area contributed by atoms with Crippen molar-refractivity contribution in [3.05, 3.63) is 47.2 Å². The summed E-state index contributed by atoms with van der Waals surface area (Å²) in [6.07, 6.45) is 1.95. The minimum absolute atomic E-state index is 0.00241. The third-order valence-electron chi connectivity index (χ3n) is 4.78. The zero-order chi connectivity index (χ0) is 15.8. The first-order valence-corrected chi connectivity index (χ1v) is 8.13. The van der Waals surface area contributed by atoms with Crippen LogP contribution in [0, 0.1) is 0 Å². The van der Waals surface area contributed by atoms with Gasteiger partial charge >= 0.3 is 6.03 Å². The van der Waals surface area contributed by atoms with E-state index >= 15 is 0 Å². The highest BCUT2D eigenvalue weighted by atomic mass is 16.2. The van der Waals surface area contributed by atoms with Crippen LogP contribution in [0.25, 0.3) is 0 Å². The minimum atomic E-state index is 0.00241. The number of urea groups is 1. The number of benzene rings is 1. The molecule has 1 aliphatic carbocycles. The molecular weight excluding hydrogens is 290 g/mol. The quantitative estimate of drug-likeness (QED) is 0.886. The number of carbonyl (C=O) groups excluding carboxylic acids is 1. The molecule has 3 N–H and O–H groups in total. The van der Waals surface area contributed by atoms with Crippen molar-refractivity contribution in [2.45, 2.75) is 31.8 Å². The summed E-state index contributed by atoms with van der Waals surface area (Å²) >= 11 is 0. The number of fused-ring (bicyclic) bond motifs is 2. The molecule has 2 aromatic rings. The molecular formula is C17H21N5O. The van der Waals surface area contributed by atoms with E-state index in [1.807, 2.05) is 15.6 Å². The SMILES string of the molecule is Nc1cc2n(n1)CCCN(C(=O)NCC1Cc3ccccc31)C2. The number of nitrogen functional groups attached to an aromatic ring is 1. The van der Waals surface area contributed by atoms with Crippen LogP contribution in [0.2, 0.25) is 0 Å². The van der Waals surface area contributed by atoms with E-state index in [0.29, 0.717) is 24.8 Å². The number of amides is 2. The normalized spacial score (nSPS) is 19.3. The number of aromatic nitrogens is 2. The van der Waals surface area contributed by atoms with Crippen molar-refractivity contribution < 1.29 is 4.79 Å². The van der Waals surface area contributed by atoms with Crippen molar-refractivity contribution in [1.82, 2.24) is 20.0 Å². The molecule has 0 radical (unpaired) electrons. The van der Waals surface area contributed by atoms with Gasteiger partial charge in [-0.1, -0.05) is 24.3 Å². The highest BCUT2D eigenvalue weighted by Gasteiger charge is 2.27. The van der Waals surface area contributed by atoms with Crippen molar-refractivity contribution in [2.75, 3.05) is 18.8 Å². The molecule has 4 rings (SSSR count). The summed E-state index contributed by atoms with van der Waals surface area (Å²) in [7, 11) is 0. The summed E-state index contributed by atoms with van der Waals surface area (Å²) in [5.74, 6) is 0.969. The Morgan fingerprint density at radius 3 is 3.09 bits per heavy atom. The second-order valence-corrected chi connectivity index (χ2v) is 6.34. The van der Waals surface area contributed by atoms with Crippen molar-refractivity contribution in [2.24, 2.45) is 0 Å². The Labute approximate surface area is 135 Å². The van der Waals surface area contributed by atoms with Gasteiger partial charge < -0.3 is 16.0 Å². The van der Waals surface area contributed by atoms with Gasteiger partial charge in [0, 0.05) is 31.6 Å². The van der Waals surface area contributed by atoms with Crippen LogP contribution in [0.3, 0.4) is 0 Å². The Balaban J connectivity index is 1.36. The smallest absolute Gasteiger partial charge is 0.317 e. The van der Waals surface area contributed by atoms with Gasteiger partial charge in [0.1, 0.15) is 5.82 Å². The Kier molecular flexibility index (Phi) is 3.44. The molecule has 1 aromatic heterocycles. The van der Waals surface area contributed by atoms with E-state index in [-0.39, 0.29) is 6.03 Å². The lowest BCUT2D eigenvalue weighted by Gasteiger charge is -2.31. The van der Waals surface area contributed by atoms with Crippen molar-refractivity contribution in [3.63, 3.8) is 0 Å². The number of aryl methyl sites for hydroxylation is 1. The largest absolute Gasteiger partial charge is 0.382 e. The maximum absolute atomic E-state index is 12.5. The molecule has 2 aliphatic rings. The summed E-state index contributed by atoms with van der Waals surface area (Å²) in [6, 6.07) is 10.3. The number of nitrogens with zero attached hydrogens (tertiary/aromatic N) is 3. The molecule has 6 nitrogen and oxygen atoms in total. The van der Waals surface area contributed by atoms with Gasteiger partial charge in [-0.15, -0.1) is 0 Å². The second-order valence-electron chi connectivity index (χ2n) is 6.34. The molecule has 1 aromatic carbocycles. The van der Waals surface area contributed by atoms with Crippen LogP contribution in [-0.2, 0) is 19.5 Å². The lowest BCUT2D eigenvalue weighted by molar-refractivity contribution is 0.195. The van der Waals surface area contributed by atoms with Crippen molar-refractivity contribution in [3.8, 4) is 0 Å². The van der Waals surface area contributed by atoms with Crippen molar-refractivity contribution >= 4 is 11.8 Å². The van der Waals surface area contributed by atoms with Gasteiger partial charge in [-0.25, -0.2) is 4.79 Å². The molecule has 2 heterocycles. The van der Waals surface area contributed by atoms with Gasteiger partial charge in [0.2, 0.25) is 0 Å². The fourth-order valence-electron chi connectivity index (χ4n) is 3.52. The Morgan fingerprint density at radius 2 is 2.22 bits per heavy atom. The van der Waals surface area contributed by atoms with E-state index in [4.69, 9.17) is 5.73 Å². The summed E-state index contributed by atoms with van der Waals surface area (Å²) < 4.78 is 1.91. The van der Waals surface area contributed by atoms with Gasteiger partial charge in [-0.05, 0) is 24.0 Å². The van der Waals surface area contributed by atoms with Crippen LogP contribution in [0.5, 0.6) is 0 Å². The highest BCUT2D eigenvalue weighted by molar-refractivity contribution is 5.74. The molecule has 23 heavy (non-hydrogen) atoms. The number of rotatable bonds is 2. The number of hydrogen-bond donors (Lipinski definition) is 2. The fourth-order valence-corrected chi connectivity index (χ4v) is 3.52. The predicted molar refractivity (Wildman–Crippen MR) is 88.0 cm³/mol. The highest BCUT2D eigenvalue weighted by Crippen LogP contribution is 2.34. The Hall–Kier alpha value is -2.50. The molecule has 0 bridgehead atoms. The molecule has 2 amide bonds. The van der Waals surface area contributed by atoms with Gasteiger partial charge in [-0.2, -0.15) is 5.10 Å². The summed E-state index contributed by atoms with van der Waals surface area (Å²) in [5.41, 5.74) is 9.53. The Morgan fingerprint density at radius 1 is 1.35 bits per heavy atom. The molecule has 120 valence electrons. The molecule has 6 heteroatoms. The molecule has 0 spiro atoms. The van der Waals surface area contributed by atoms with E-state index in [2.05, 4.69) is 34.7 Å². The van der Waals surface area contributed by atoms with E-state index in [0.717, 1.165) is 31.6 Å². The van der Waals surface area contributed by atoms with Crippen LogP contribution in [0.4, 0.5) is 10.6 Å². The zero-order valence-corrected chi connectivity index (χ0v) is 13.0. The van der Waals surface area contributed by atoms with Gasteiger partial charge in [0.25, 0.3) is 0 Å². The lowest BCUT2D eigenvalue weighted by Crippen LogP contribution is -2.42. The minimum Gasteiger partial charge on any atom is -0.382 e. The molecule has 1 atom stereocenters. The zero-order valence-electron chi connectivity index (χ0n) is 13.0. The molecule has 1 unspecified atom stereocenters. The number of carbonyl (C=O) groups is 1. The first kappa shape index (κ1) is 14.1. The number of nitrogens with two attached hydrogens (primary N) is 1. The number of hydrogen-bond acceptors (Lipinski definition) is 3. The van der Waals surface area contributed by atoms with Gasteiger partial charge in [0.05, 0.1) is 12.2 Å². The fraction of sp³-hybridized carbons (Fsp3) is 0.412. The van der Waals surface area contributed by atoms with Crippen LogP contribution < -0.4 is 11.1 Å². The van der Waals surface area contributed by atoms with E-state index in [1.165, 1.54) is 11.1 Å². The number of anilines is 1. The third-order valence-corrected chi connectivity index (χ3v) is 4.78. The van der Waals surface area contributed by atoms with Gasteiger partial charge in [0.15, 0.2) is 0 Å². The average Bonchev–Trinajstić information content (AvgIpc) is 2.75. The molecule has 0 fully saturated rings. The summed E-state index contributed by atoms with van der Waals surface area (Å²) in [6.45, 7) is 2.83. The average molecular weight is 311 g/mol. The lowest BCUT2D eigenvalue weighted by atomic mass is 9.78. The van der Waals surface area contributed by atoms with Crippen molar-refractivity contribution in [1.29, 1.82) is 0 Å². The van der Waals surface area contributed by atoms with Gasteiger partial charge in [-0.3, -0.25) is 4.68 Å². The summed E-state index contributed by atoms with van der Waals surface area (Å²) in [5, 5.41) is 7.35. The predicted octanol–water partition coefficient (Wildman–Crippen LogP) is 1.72.